The van der Waals surface area contributed by atoms with Crippen LogP contribution >= 0.6 is 0 Å². The van der Waals surface area contributed by atoms with Gasteiger partial charge in [-0.1, -0.05) is 6.07 Å². The second kappa shape index (κ2) is 9.31. The molecule has 1 saturated heterocycles. The van der Waals surface area contributed by atoms with E-state index in [9.17, 15) is 19.4 Å². The predicted molar refractivity (Wildman–Crippen MR) is 104 cm³/mol. The Bertz CT molecular complexity index is 744. The molecule has 1 fully saturated rings. The summed E-state index contributed by atoms with van der Waals surface area (Å²) in [7, 11) is -1.01. The zero-order valence-corrected chi connectivity index (χ0v) is 15.8. The van der Waals surface area contributed by atoms with Gasteiger partial charge in [0.2, 0.25) is 5.91 Å². The lowest BCUT2D eigenvalue weighted by Gasteiger charge is -2.24. The summed E-state index contributed by atoms with van der Waals surface area (Å²) in [6.07, 6.45) is 4.22. The molecule has 0 spiro atoms. The Morgan fingerprint density at radius 1 is 1.43 bits per heavy atom. The number of likely N-dealkylation sites (tertiary alicyclic amines) is 1. The van der Waals surface area contributed by atoms with Gasteiger partial charge in [-0.15, -0.1) is 0 Å². The first-order valence-electron chi connectivity index (χ1n) is 9.73. The number of amides is 2. The lowest BCUT2D eigenvalue weighted by molar-refractivity contribution is -0.124. The van der Waals surface area contributed by atoms with Crippen molar-refractivity contribution in [1.82, 2.24) is 10.2 Å². The largest absolute Gasteiger partial charge is 0.491 e. The maximum Gasteiger partial charge on any atom is 0.491 e. The van der Waals surface area contributed by atoms with Gasteiger partial charge in [0.1, 0.15) is 12.3 Å². The van der Waals surface area contributed by atoms with E-state index in [1.54, 1.807) is 23.1 Å². The molecule has 2 heterocycles. The molecular formula is C19H26BN3O5. The number of carbonyl (C=O) groups is 3. The van der Waals surface area contributed by atoms with E-state index in [-0.39, 0.29) is 11.8 Å². The molecular weight excluding hydrogens is 361 g/mol. The number of nitrogens with two attached hydrogens (primary N) is 1. The number of aldehydes is 1. The van der Waals surface area contributed by atoms with Crippen LogP contribution in [0.25, 0.3) is 0 Å². The number of fused-ring (bicyclic) bond motifs is 1. The van der Waals surface area contributed by atoms with Crippen LogP contribution in [0.15, 0.2) is 18.2 Å². The number of nitrogens with one attached hydrogen (secondary N) is 1. The molecule has 3 rings (SSSR count). The Balaban J connectivity index is 1.55. The van der Waals surface area contributed by atoms with Crippen molar-refractivity contribution in [1.29, 1.82) is 0 Å². The molecule has 150 valence electrons. The lowest BCUT2D eigenvalue weighted by atomic mass is 9.78. The highest BCUT2D eigenvalue weighted by Gasteiger charge is 2.35. The second-order valence-corrected chi connectivity index (χ2v) is 7.32. The third kappa shape index (κ3) is 4.60. The van der Waals surface area contributed by atoms with Crippen molar-refractivity contribution in [3.63, 3.8) is 0 Å². The van der Waals surface area contributed by atoms with Gasteiger partial charge >= 0.3 is 7.12 Å². The van der Waals surface area contributed by atoms with Crippen molar-refractivity contribution < 1.29 is 24.1 Å². The highest BCUT2D eigenvalue weighted by Crippen LogP contribution is 2.21. The average Bonchev–Trinajstić information content (AvgIpc) is 3.34. The Labute approximate surface area is 164 Å². The van der Waals surface area contributed by atoms with Crippen LogP contribution in [-0.2, 0) is 20.9 Å². The Morgan fingerprint density at radius 3 is 3.04 bits per heavy atom. The van der Waals surface area contributed by atoms with Gasteiger partial charge in [-0.2, -0.15) is 0 Å². The standard InChI is InChI=1S/C19H26BN3O5/c21-15(11-24)4-1-2-8-22-18(25)17-5-3-9-23(17)19(26)13-6-7-14-12-28-20(27)16(14)10-13/h6-7,10-11,15,17,27H,1-5,8-9,12,21H2,(H,22,25)/t15-,17?/m0/s1. The number of nitrogens with zero attached hydrogens (tertiary/aromatic N) is 1. The van der Waals surface area contributed by atoms with Crippen molar-refractivity contribution in [2.75, 3.05) is 13.1 Å². The van der Waals surface area contributed by atoms with Gasteiger partial charge in [-0.25, -0.2) is 0 Å². The smallest absolute Gasteiger partial charge is 0.423 e. The molecule has 2 aliphatic heterocycles. The zero-order valence-electron chi connectivity index (χ0n) is 15.8. The van der Waals surface area contributed by atoms with Gasteiger partial charge in [-0.05, 0) is 55.3 Å². The van der Waals surface area contributed by atoms with Gasteiger partial charge in [0, 0.05) is 18.7 Å². The molecule has 0 aliphatic carbocycles. The summed E-state index contributed by atoms with van der Waals surface area (Å²) >= 11 is 0. The van der Waals surface area contributed by atoms with Gasteiger partial charge in [0.05, 0.1) is 12.6 Å². The van der Waals surface area contributed by atoms with Crippen molar-refractivity contribution in [3.05, 3.63) is 29.3 Å². The number of unbranched alkanes of at least 4 members (excludes halogenated alkanes) is 1. The summed E-state index contributed by atoms with van der Waals surface area (Å²) in [5.41, 5.74) is 7.47. The van der Waals surface area contributed by atoms with Crippen LogP contribution in [0.5, 0.6) is 0 Å². The van der Waals surface area contributed by atoms with Crippen molar-refractivity contribution in [3.8, 4) is 0 Å². The minimum absolute atomic E-state index is 0.157. The molecule has 9 heteroatoms. The van der Waals surface area contributed by atoms with E-state index in [4.69, 9.17) is 10.4 Å². The fourth-order valence-corrected chi connectivity index (χ4v) is 3.70. The van der Waals surface area contributed by atoms with E-state index < -0.39 is 19.2 Å². The lowest BCUT2D eigenvalue weighted by Crippen LogP contribution is -2.46. The molecule has 28 heavy (non-hydrogen) atoms. The summed E-state index contributed by atoms with van der Waals surface area (Å²) in [4.78, 5) is 37.6. The quantitative estimate of drug-likeness (QED) is 0.309. The number of hydrogen-bond acceptors (Lipinski definition) is 6. The van der Waals surface area contributed by atoms with Crippen LogP contribution in [0.3, 0.4) is 0 Å². The van der Waals surface area contributed by atoms with E-state index in [0.29, 0.717) is 43.6 Å². The van der Waals surface area contributed by atoms with Crippen LogP contribution in [0, 0.1) is 0 Å². The molecule has 0 saturated carbocycles. The molecule has 4 N–H and O–H groups in total. The first kappa shape index (κ1) is 20.5. The third-order valence-electron chi connectivity index (χ3n) is 5.31. The van der Waals surface area contributed by atoms with Crippen LogP contribution in [-0.4, -0.2) is 60.3 Å². The monoisotopic (exact) mass is 387 g/mol. The zero-order chi connectivity index (χ0) is 20.1. The maximum atomic E-state index is 12.9. The normalized spacial score (nSPS) is 19.4. The molecule has 2 atom stereocenters. The molecule has 1 aromatic rings. The number of benzene rings is 1. The Kier molecular flexibility index (Phi) is 6.82. The summed E-state index contributed by atoms with van der Waals surface area (Å²) in [5.74, 6) is -0.369. The second-order valence-electron chi connectivity index (χ2n) is 7.32. The van der Waals surface area contributed by atoms with Crippen LogP contribution in [0.4, 0.5) is 0 Å². The first-order chi connectivity index (χ1) is 13.5. The van der Waals surface area contributed by atoms with Crippen LogP contribution < -0.4 is 16.5 Å². The highest BCUT2D eigenvalue weighted by atomic mass is 16.5. The molecule has 0 aromatic heterocycles. The maximum absolute atomic E-state index is 12.9. The van der Waals surface area contributed by atoms with Gasteiger partial charge in [-0.3, -0.25) is 9.59 Å². The fourth-order valence-electron chi connectivity index (χ4n) is 3.70. The highest BCUT2D eigenvalue weighted by molar-refractivity contribution is 6.61. The molecule has 2 aliphatic rings. The average molecular weight is 387 g/mol. The van der Waals surface area contributed by atoms with E-state index in [1.165, 1.54) is 0 Å². The topological polar surface area (TPSA) is 122 Å². The molecule has 8 nitrogen and oxygen atoms in total. The third-order valence-corrected chi connectivity index (χ3v) is 5.31. The first-order valence-corrected chi connectivity index (χ1v) is 9.73. The predicted octanol–water partition coefficient (Wildman–Crippen LogP) is -0.678. The van der Waals surface area contributed by atoms with Crippen molar-refractivity contribution in [2.45, 2.75) is 50.8 Å². The molecule has 1 aromatic carbocycles. The van der Waals surface area contributed by atoms with E-state index in [1.807, 2.05) is 0 Å². The van der Waals surface area contributed by atoms with E-state index in [0.717, 1.165) is 31.1 Å². The SMILES string of the molecule is N[C@H](C=O)CCCCNC(=O)C1CCCN1C(=O)c1ccc2c(c1)B(O)OC2. The summed E-state index contributed by atoms with van der Waals surface area (Å²) in [6, 6.07) is 4.22. The fraction of sp³-hybridized carbons (Fsp3) is 0.526. The summed E-state index contributed by atoms with van der Waals surface area (Å²) < 4.78 is 5.17. The minimum atomic E-state index is -1.01. The van der Waals surface area contributed by atoms with Crippen LogP contribution in [0.2, 0.25) is 0 Å². The molecule has 0 radical (unpaired) electrons. The number of hydrogen-bond donors (Lipinski definition) is 3. The van der Waals surface area contributed by atoms with Gasteiger partial charge in [0.25, 0.3) is 5.91 Å². The Hall–Kier alpha value is -2.23. The number of rotatable bonds is 8. The van der Waals surface area contributed by atoms with Gasteiger partial charge < -0.3 is 30.4 Å². The minimum Gasteiger partial charge on any atom is -0.423 e. The van der Waals surface area contributed by atoms with Crippen molar-refractivity contribution in [2.24, 2.45) is 5.73 Å². The van der Waals surface area contributed by atoms with E-state index in [2.05, 4.69) is 5.32 Å². The molecule has 2 amide bonds. The molecule has 1 unspecified atom stereocenters. The van der Waals surface area contributed by atoms with E-state index >= 15 is 0 Å². The summed E-state index contributed by atoms with van der Waals surface area (Å²) in [6.45, 7) is 1.35. The number of carbonyl (C=O) groups excluding carboxylic acids is 3. The van der Waals surface area contributed by atoms with Crippen molar-refractivity contribution >= 4 is 30.7 Å². The summed E-state index contributed by atoms with van der Waals surface area (Å²) in [5, 5.41) is 12.7. The Morgan fingerprint density at radius 2 is 2.25 bits per heavy atom. The molecule has 0 bridgehead atoms. The van der Waals surface area contributed by atoms with Crippen LogP contribution in [0.1, 0.15) is 48.0 Å². The van der Waals surface area contributed by atoms with Gasteiger partial charge in [0.15, 0.2) is 0 Å².